The Bertz CT molecular complexity index is 881. The van der Waals surface area contributed by atoms with E-state index in [1.807, 2.05) is 32.0 Å². The summed E-state index contributed by atoms with van der Waals surface area (Å²) in [4.78, 5) is 4.01. The Morgan fingerprint density at radius 1 is 0.708 bits per heavy atom. The highest BCUT2D eigenvalue weighted by Gasteiger charge is 2.35. The van der Waals surface area contributed by atoms with Crippen molar-refractivity contribution in [2.24, 2.45) is 0 Å². The zero-order valence-electron chi connectivity index (χ0n) is 14.0. The first kappa shape index (κ1) is 15.3. The summed E-state index contributed by atoms with van der Waals surface area (Å²) in [5.74, 6) is 0. The second-order valence-corrected chi connectivity index (χ2v) is 7.75. The molecule has 0 radical (unpaired) electrons. The number of hydrogen-bond donors (Lipinski definition) is 0. The van der Waals surface area contributed by atoms with Gasteiger partial charge >= 0.3 is 0 Å². The second-order valence-electron chi connectivity index (χ2n) is 6.33. The van der Waals surface area contributed by atoms with Gasteiger partial charge in [0.2, 0.25) is 0 Å². The van der Waals surface area contributed by atoms with Crippen molar-refractivity contribution in [1.29, 1.82) is 0 Å². The maximum atomic E-state index is 13.2. The number of aryl methyl sites for hydroxylation is 3. The Kier molecular flexibility index (Phi) is 3.63. The van der Waals surface area contributed by atoms with Gasteiger partial charge in [-0.2, -0.15) is 0 Å². The minimum atomic E-state index is -1.15. The summed E-state index contributed by atoms with van der Waals surface area (Å²) >= 11 is -1.15. The topological polar surface area (TPSA) is 26.3 Å². The number of para-hydroxylation sites is 1. The molecule has 0 unspecified atom stereocenters. The third-order valence-corrected chi connectivity index (χ3v) is 5.92. The average molecular weight is 333 g/mol. The van der Waals surface area contributed by atoms with E-state index >= 15 is 0 Å². The predicted molar refractivity (Wildman–Crippen MR) is 100 cm³/mol. The molecule has 4 rings (SSSR count). The Labute approximate surface area is 145 Å². The van der Waals surface area contributed by atoms with Gasteiger partial charge in [0.1, 0.15) is 11.4 Å². The summed E-state index contributed by atoms with van der Waals surface area (Å²) < 4.78 is 13.2. The van der Waals surface area contributed by atoms with E-state index in [0.717, 1.165) is 38.0 Å². The molecule has 1 aliphatic rings. The molecule has 1 aliphatic heterocycles. The van der Waals surface area contributed by atoms with Crippen LogP contribution in [-0.2, 0) is 11.2 Å². The van der Waals surface area contributed by atoms with Gasteiger partial charge in [0.25, 0.3) is 0 Å². The van der Waals surface area contributed by atoms with Gasteiger partial charge in [-0.1, -0.05) is 30.3 Å². The predicted octanol–water partition coefficient (Wildman–Crippen LogP) is 5.56. The lowest BCUT2D eigenvalue weighted by atomic mass is 10.1. The third kappa shape index (κ3) is 2.32. The number of anilines is 3. The van der Waals surface area contributed by atoms with Gasteiger partial charge in [-0.25, -0.2) is 0 Å². The van der Waals surface area contributed by atoms with E-state index in [2.05, 4.69) is 54.3 Å². The van der Waals surface area contributed by atoms with Crippen LogP contribution in [0.25, 0.3) is 0 Å². The van der Waals surface area contributed by atoms with E-state index < -0.39 is 11.2 Å². The molecule has 24 heavy (non-hydrogen) atoms. The summed E-state index contributed by atoms with van der Waals surface area (Å²) in [5, 5.41) is 0. The van der Waals surface area contributed by atoms with Crippen LogP contribution in [0.15, 0.2) is 70.5 Å². The van der Waals surface area contributed by atoms with Crippen molar-refractivity contribution < 1.29 is 4.55 Å². The van der Waals surface area contributed by atoms with Crippen molar-refractivity contribution in [2.45, 2.75) is 30.6 Å². The van der Waals surface area contributed by atoms with Crippen molar-refractivity contribution >= 4 is 28.2 Å². The van der Waals surface area contributed by atoms with Crippen LogP contribution in [0.2, 0.25) is 0 Å². The smallest absolute Gasteiger partial charge is 0.182 e. The fourth-order valence-corrected chi connectivity index (χ4v) is 4.75. The molecule has 3 aromatic rings. The quantitative estimate of drug-likeness (QED) is 0.545. The Morgan fingerprint density at radius 2 is 1.25 bits per heavy atom. The molecule has 2 nitrogen and oxygen atoms in total. The molecule has 0 bridgehead atoms. The van der Waals surface area contributed by atoms with Crippen molar-refractivity contribution in [1.82, 2.24) is 0 Å². The molecule has 0 atom stereocenters. The lowest BCUT2D eigenvalue weighted by Gasteiger charge is -2.34. The lowest BCUT2D eigenvalue weighted by Crippen LogP contribution is -2.23. The molecule has 3 aromatic carbocycles. The van der Waals surface area contributed by atoms with E-state index in [1.54, 1.807) is 0 Å². The Balaban J connectivity index is 2.04. The van der Waals surface area contributed by atoms with Crippen LogP contribution < -0.4 is 4.90 Å². The minimum Gasteiger partial charge on any atom is -0.606 e. The molecular weight excluding hydrogens is 314 g/mol. The maximum Gasteiger partial charge on any atom is 0.182 e. The van der Waals surface area contributed by atoms with Gasteiger partial charge in [0.05, 0.1) is 0 Å². The van der Waals surface area contributed by atoms with Crippen molar-refractivity contribution in [3.8, 4) is 0 Å². The summed E-state index contributed by atoms with van der Waals surface area (Å²) in [6.07, 6.45) is 0. The average Bonchev–Trinajstić information content (AvgIpc) is 2.57. The van der Waals surface area contributed by atoms with Gasteiger partial charge in [0.15, 0.2) is 9.79 Å². The Hall–Kier alpha value is -2.23. The number of hydrogen-bond acceptors (Lipinski definition) is 2. The molecule has 0 aliphatic carbocycles. The van der Waals surface area contributed by atoms with Crippen LogP contribution in [0, 0.1) is 20.8 Å². The summed E-state index contributed by atoms with van der Waals surface area (Å²) in [6.45, 7) is 6.20. The van der Waals surface area contributed by atoms with Gasteiger partial charge in [-0.05, 0) is 67.8 Å². The normalized spacial score (nSPS) is 13.6. The first-order valence-electron chi connectivity index (χ1n) is 8.05. The van der Waals surface area contributed by atoms with E-state index in [9.17, 15) is 4.55 Å². The van der Waals surface area contributed by atoms with E-state index in [0.29, 0.717) is 0 Å². The summed E-state index contributed by atoms with van der Waals surface area (Å²) in [5.41, 5.74) is 6.59. The Morgan fingerprint density at radius 3 is 1.79 bits per heavy atom. The SMILES string of the molecule is Cc1ccc2c(c1)[S+]([O-])c1cc(C)ccc1N2c1ccccc1C. The van der Waals surface area contributed by atoms with Gasteiger partial charge < -0.3 is 9.45 Å². The molecule has 0 amide bonds. The van der Waals surface area contributed by atoms with Crippen molar-refractivity contribution in [2.75, 3.05) is 4.90 Å². The standard InChI is InChI=1S/C21H19NOS/c1-14-8-10-18-20(12-14)24(23)21-13-15(2)9-11-19(21)22(18)17-7-5-4-6-16(17)3/h4-13H,1-3H3. The van der Waals surface area contributed by atoms with Crippen LogP contribution in [0.4, 0.5) is 17.1 Å². The maximum absolute atomic E-state index is 13.2. The highest BCUT2D eigenvalue weighted by Crippen LogP contribution is 2.48. The molecule has 0 spiro atoms. The molecule has 0 N–H and O–H groups in total. The van der Waals surface area contributed by atoms with Gasteiger partial charge in [-0.15, -0.1) is 0 Å². The molecule has 0 saturated carbocycles. The lowest BCUT2D eigenvalue weighted by molar-refractivity contribution is 0.593. The molecule has 3 heteroatoms. The monoisotopic (exact) mass is 333 g/mol. The second kappa shape index (κ2) is 5.69. The number of rotatable bonds is 1. The molecule has 0 fully saturated rings. The largest absolute Gasteiger partial charge is 0.606 e. The van der Waals surface area contributed by atoms with E-state index in [-0.39, 0.29) is 0 Å². The highest BCUT2D eigenvalue weighted by atomic mass is 32.2. The fraction of sp³-hybridized carbons (Fsp3) is 0.143. The zero-order chi connectivity index (χ0) is 16.8. The molecule has 1 heterocycles. The minimum absolute atomic E-state index is 0.886. The molecular formula is C21H19NOS. The summed E-state index contributed by atoms with van der Waals surface area (Å²) in [6, 6.07) is 20.8. The van der Waals surface area contributed by atoms with Crippen LogP contribution in [0.5, 0.6) is 0 Å². The molecule has 120 valence electrons. The van der Waals surface area contributed by atoms with Crippen LogP contribution >= 0.6 is 0 Å². The van der Waals surface area contributed by atoms with Gasteiger partial charge in [-0.3, -0.25) is 0 Å². The first-order valence-corrected chi connectivity index (χ1v) is 9.20. The zero-order valence-corrected chi connectivity index (χ0v) is 14.9. The van der Waals surface area contributed by atoms with E-state index in [1.165, 1.54) is 5.56 Å². The fourth-order valence-electron chi connectivity index (χ4n) is 3.23. The van der Waals surface area contributed by atoms with Crippen LogP contribution in [0.3, 0.4) is 0 Å². The van der Waals surface area contributed by atoms with Crippen LogP contribution in [0.1, 0.15) is 16.7 Å². The molecule has 0 aromatic heterocycles. The van der Waals surface area contributed by atoms with Crippen LogP contribution in [-0.4, -0.2) is 4.55 Å². The number of fused-ring (bicyclic) bond motifs is 2. The molecule has 0 saturated heterocycles. The van der Waals surface area contributed by atoms with Crippen molar-refractivity contribution in [3.05, 3.63) is 77.4 Å². The highest BCUT2D eigenvalue weighted by molar-refractivity contribution is 7.92. The number of nitrogens with zero attached hydrogens (tertiary/aromatic N) is 1. The third-order valence-electron chi connectivity index (χ3n) is 4.47. The first-order chi connectivity index (χ1) is 11.6. The number of benzene rings is 3. The van der Waals surface area contributed by atoms with Gasteiger partial charge in [0, 0.05) is 16.9 Å². The van der Waals surface area contributed by atoms with E-state index in [4.69, 9.17) is 0 Å². The van der Waals surface area contributed by atoms with Crippen molar-refractivity contribution in [3.63, 3.8) is 0 Å². The summed E-state index contributed by atoms with van der Waals surface area (Å²) in [7, 11) is 0.